The van der Waals surface area contributed by atoms with E-state index in [1.165, 1.54) is 32.3 Å². The van der Waals surface area contributed by atoms with Crippen LogP contribution in [0.3, 0.4) is 0 Å². The summed E-state index contributed by atoms with van der Waals surface area (Å²) in [7, 11) is 4.54. The quantitative estimate of drug-likeness (QED) is 0.525. The second kappa shape index (κ2) is 8.76. The van der Waals surface area contributed by atoms with E-state index in [1.54, 1.807) is 37.3 Å². The summed E-state index contributed by atoms with van der Waals surface area (Å²) in [5.41, 5.74) is 1.80. The summed E-state index contributed by atoms with van der Waals surface area (Å²) < 4.78 is 16.3. The summed E-state index contributed by atoms with van der Waals surface area (Å²) in [6.45, 7) is 1.70. The zero-order valence-corrected chi connectivity index (χ0v) is 18.3. The summed E-state index contributed by atoms with van der Waals surface area (Å²) >= 11 is 6.52. The first kappa shape index (κ1) is 21.7. The Bertz CT molecular complexity index is 1050. The molecule has 156 valence electrons. The number of carbonyl (C=O) groups is 2. The molecule has 3 rings (SSSR count). The molecule has 1 N–H and O–H groups in total. The van der Waals surface area contributed by atoms with E-state index in [0.29, 0.717) is 43.3 Å². The molecule has 1 heterocycles. The maximum atomic E-state index is 13.0. The SMILES string of the molecule is COc1cc(/C=C2\SC(=S)N(c3ccc(C)c(C(=O)O)c3)C2=O)cc(OC)c1OC. The number of aromatic carboxylic acids is 1. The highest BCUT2D eigenvalue weighted by molar-refractivity contribution is 8.27. The number of thioether (sulfide) groups is 1. The van der Waals surface area contributed by atoms with E-state index in [1.807, 2.05) is 0 Å². The van der Waals surface area contributed by atoms with Gasteiger partial charge in [-0.25, -0.2) is 4.79 Å². The molecule has 2 aromatic carbocycles. The van der Waals surface area contributed by atoms with Gasteiger partial charge in [-0.15, -0.1) is 0 Å². The first-order valence-corrected chi connectivity index (χ1v) is 9.95. The molecule has 1 amide bonds. The molecule has 0 saturated carbocycles. The maximum absolute atomic E-state index is 13.0. The average molecular weight is 446 g/mol. The molecule has 7 nitrogen and oxygen atoms in total. The Hall–Kier alpha value is -3.04. The highest BCUT2D eigenvalue weighted by atomic mass is 32.2. The van der Waals surface area contributed by atoms with E-state index < -0.39 is 5.97 Å². The molecule has 0 atom stereocenters. The number of carboxylic acid groups (broad SMARTS) is 1. The van der Waals surface area contributed by atoms with Crippen LogP contribution in [0.2, 0.25) is 0 Å². The van der Waals surface area contributed by atoms with Crippen LogP contribution in [0, 0.1) is 6.92 Å². The minimum absolute atomic E-state index is 0.121. The lowest BCUT2D eigenvalue weighted by Gasteiger charge is -2.16. The molecule has 9 heteroatoms. The van der Waals surface area contributed by atoms with Gasteiger partial charge in [0.25, 0.3) is 5.91 Å². The molecule has 1 saturated heterocycles. The van der Waals surface area contributed by atoms with Crippen molar-refractivity contribution in [1.29, 1.82) is 0 Å². The van der Waals surface area contributed by atoms with Crippen LogP contribution in [0.25, 0.3) is 6.08 Å². The van der Waals surface area contributed by atoms with E-state index in [2.05, 4.69) is 0 Å². The third-order valence-electron chi connectivity index (χ3n) is 4.49. The van der Waals surface area contributed by atoms with Crippen LogP contribution in [0.15, 0.2) is 35.2 Å². The van der Waals surface area contributed by atoms with Crippen molar-refractivity contribution in [2.24, 2.45) is 0 Å². The zero-order chi connectivity index (χ0) is 22.0. The summed E-state index contributed by atoms with van der Waals surface area (Å²) in [5.74, 6) is -0.0244. The maximum Gasteiger partial charge on any atom is 0.336 e. The Balaban J connectivity index is 2.00. The second-order valence-electron chi connectivity index (χ2n) is 6.28. The van der Waals surface area contributed by atoms with Crippen LogP contribution in [-0.4, -0.2) is 42.6 Å². The van der Waals surface area contributed by atoms with E-state index in [4.69, 9.17) is 26.4 Å². The Labute approximate surface area is 183 Å². The molecule has 0 bridgehead atoms. The molecule has 1 aliphatic heterocycles. The molecule has 2 aromatic rings. The van der Waals surface area contributed by atoms with Crippen molar-refractivity contribution in [2.45, 2.75) is 6.92 Å². The number of hydrogen-bond donors (Lipinski definition) is 1. The van der Waals surface area contributed by atoms with Gasteiger partial charge in [-0.3, -0.25) is 9.69 Å². The molecule has 0 unspecified atom stereocenters. The number of benzene rings is 2. The number of aryl methyl sites for hydroxylation is 1. The molecular weight excluding hydrogens is 426 g/mol. The predicted octanol–water partition coefficient (Wildman–Crippen LogP) is 4.12. The molecule has 30 heavy (non-hydrogen) atoms. The summed E-state index contributed by atoms with van der Waals surface area (Å²) in [4.78, 5) is 26.2. The Kier molecular flexibility index (Phi) is 6.33. The fourth-order valence-electron chi connectivity index (χ4n) is 3.01. The number of carbonyl (C=O) groups excluding carboxylic acids is 1. The van der Waals surface area contributed by atoms with Gasteiger partial charge in [0.15, 0.2) is 15.8 Å². The van der Waals surface area contributed by atoms with Crippen molar-refractivity contribution in [1.82, 2.24) is 0 Å². The molecule has 0 aromatic heterocycles. The van der Waals surface area contributed by atoms with Gasteiger partial charge in [0, 0.05) is 0 Å². The monoisotopic (exact) mass is 445 g/mol. The number of thiocarbonyl (C=S) groups is 1. The van der Waals surface area contributed by atoms with Crippen molar-refractivity contribution in [3.05, 3.63) is 51.9 Å². The standard InChI is InChI=1S/C21H19NO6S2/c1-11-5-6-13(10-14(11)20(24)25)22-19(23)17(30-21(22)29)9-12-7-15(26-2)18(28-4)16(8-12)27-3/h5-10H,1-4H3,(H,24,25)/b17-9-. The average Bonchev–Trinajstić information content (AvgIpc) is 3.00. The van der Waals surface area contributed by atoms with Gasteiger partial charge in [-0.1, -0.05) is 30.0 Å². The van der Waals surface area contributed by atoms with Crippen molar-refractivity contribution < 1.29 is 28.9 Å². The summed E-state index contributed by atoms with van der Waals surface area (Å²) in [5, 5.41) is 9.37. The molecular formula is C21H19NO6S2. The number of anilines is 1. The Morgan fingerprint density at radius 2 is 1.73 bits per heavy atom. The first-order valence-electron chi connectivity index (χ1n) is 8.72. The van der Waals surface area contributed by atoms with Crippen molar-refractivity contribution in [2.75, 3.05) is 26.2 Å². The van der Waals surface area contributed by atoms with Crippen LogP contribution in [0.1, 0.15) is 21.5 Å². The minimum Gasteiger partial charge on any atom is -0.493 e. The van der Waals surface area contributed by atoms with Crippen LogP contribution < -0.4 is 19.1 Å². The zero-order valence-electron chi connectivity index (χ0n) is 16.7. The molecule has 0 aliphatic carbocycles. The number of rotatable bonds is 6. The van der Waals surface area contributed by atoms with E-state index in [-0.39, 0.29) is 11.5 Å². The molecule has 1 fully saturated rings. The predicted molar refractivity (Wildman–Crippen MR) is 120 cm³/mol. The Morgan fingerprint density at radius 3 is 2.27 bits per heavy atom. The van der Waals surface area contributed by atoms with E-state index in [0.717, 1.165) is 11.8 Å². The van der Waals surface area contributed by atoms with E-state index >= 15 is 0 Å². The topological polar surface area (TPSA) is 85.3 Å². The number of methoxy groups -OCH3 is 3. The number of ether oxygens (including phenoxy) is 3. The highest BCUT2D eigenvalue weighted by Crippen LogP contribution is 2.41. The number of carboxylic acids is 1. The van der Waals surface area contributed by atoms with Crippen LogP contribution in [-0.2, 0) is 4.79 Å². The van der Waals surface area contributed by atoms with Gasteiger partial charge in [-0.2, -0.15) is 0 Å². The van der Waals surface area contributed by atoms with Gasteiger partial charge in [0.05, 0.1) is 37.5 Å². The lowest BCUT2D eigenvalue weighted by Crippen LogP contribution is -2.27. The van der Waals surface area contributed by atoms with Crippen LogP contribution in [0.5, 0.6) is 17.2 Å². The van der Waals surface area contributed by atoms with Gasteiger partial charge >= 0.3 is 5.97 Å². The van der Waals surface area contributed by atoms with Crippen LogP contribution in [0.4, 0.5) is 5.69 Å². The van der Waals surface area contributed by atoms with Gasteiger partial charge in [0.1, 0.15) is 0 Å². The fourth-order valence-corrected chi connectivity index (χ4v) is 4.30. The highest BCUT2D eigenvalue weighted by Gasteiger charge is 2.34. The minimum atomic E-state index is -1.06. The molecule has 0 radical (unpaired) electrons. The third kappa shape index (κ3) is 3.99. The van der Waals surface area contributed by atoms with Gasteiger partial charge in [0.2, 0.25) is 5.75 Å². The van der Waals surface area contributed by atoms with Gasteiger partial charge < -0.3 is 19.3 Å². The third-order valence-corrected chi connectivity index (χ3v) is 5.79. The summed E-state index contributed by atoms with van der Waals surface area (Å²) in [6, 6.07) is 8.23. The lowest BCUT2D eigenvalue weighted by atomic mass is 10.1. The largest absolute Gasteiger partial charge is 0.493 e. The number of amides is 1. The van der Waals surface area contributed by atoms with Crippen molar-refractivity contribution in [3.8, 4) is 17.2 Å². The fraction of sp³-hybridized carbons (Fsp3) is 0.190. The normalized spacial score (nSPS) is 14.9. The van der Waals surface area contributed by atoms with Crippen molar-refractivity contribution >= 4 is 51.9 Å². The van der Waals surface area contributed by atoms with Gasteiger partial charge in [-0.05, 0) is 48.4 Å². The number of nitrogens with zero attached hydrogens (tertiary/aromatic N) is 1. The first-order chi connectivity index (χ1) is 14.3. The van der Waals surface area contributed by atoms with E-state index in [9.17, 15) is 14.7 Å². The number of hydrogen-bond acceptors (Lipinski definition) is 7. The van der Waals surface area contributed by atoms with Crippen molar-refractivity contribution in [3.63, 3.8) is 0 Å². The smallest absolute Gasteiger partial charge is 0.336 e. The second-order valence-corrected chi connectivity index (χ2v) is 7.96. The molecule has 1 aliphatic rings. The Morgan fingerprint density at radius 1 is 1.10 bits per heavy atom. The summed E-state index contributed by atoms with van der Waals surface area (Å²) in [6.07, 6.45) is 1.68. The lowest BCUT2D eigenvalue weighted by molar-refractivity contribution is -0.113. The molecule has 0 spiro atoms. The van der Waals surface area contributed by atoms with Crippen LogP contribution >= 0.6 is 24.0 Å².